The second-order valence-corrected chi connectivity index (χ2v) is 7.92. The zero-order valence-electron chi connectivity index (χ0n) is 19.1. The summed E-state index contributed by atoms with van der Waals surface area (Å²) in [5, 5.41) is 0. The summed E-state index contributed by atoms with van der Waals surface area (Å²) in [5.41, 5.74) is 1.80. The van der Waals surface area contributed by atoms with Crippen LogP contribution in [0.5, 0.6) is 23.1 Å². The van der Waals surface area contributed by atoms with Gasteiger partial charge in [-0.25, -0.2) is 14.2 Å². The van der Waals surface area contributed by atoms with Crippen LogP contribution in [-0.4, -0.2) is 17.6 Å². The van der Waals surface area contributed by atoms with Crippen molar-refractivity contribution >= 4 is 5.97 Å². The number of benzene rings is 3. The standard InChI is InChI=1S/C28H22FNO6/c29-22-14-20(27-21(15-22)17-34-28(36-27)19-6-2-1-3-7-19)16-33-26(31)18-32-23-9-11-24(12-10-23)35-25-8-4-5-13-30-25/h1-15,28H,16-18H2/t28-/m1/s1. The number of carbonyl (C=O) groups is 1. The molecule has 0 saturated carbocycles. The minimum atomic E-state index is -0.633. The first kappa shape index (κ1) is 23.3. The van der Waals surface area contributed by atoms with Gasteiger partial charge < -0.3 is 23.7 Å². The van der Waals surface area contributed by atoms with Crippen molar-refractivity contribution < 1.29 is 32.9 Å². The first-order valence-electron chi connectivity index (χ1n) is 11.3. The summed E-state index contributed by atoms with van der Waals surface area (Å²) in [6.45, 7) is -0.300. The van der Waals surface area contributed by atoms with E-state index in [1.54, 1.807) is 42.6 Å². The quantitative estimate of drug-likeness (QED) is 0.293. The molecule has 182 valence electrons. The Hall–Kier alpha value is -4.43. The molecule has 0 spiro atoms. The SMILES string of the molecule is O=C(COc1ccc(Oc2ccccn2)cc1)OCc1cc(F)cc2c1O[C@H](c1ccccc1)OC2. The molecule has 5 rings (SSSR count). The number of hydrogen-bond donors (Lipinski definition) is 0. The highest BCUT2D eigenvalue weighted by Gasteiger charge is 2.25. The zero-order chi connectivity index (χ0) is 24.7. The van der Waals surface area contributed by atoms with Gasteiger partial charge in [0.15, 0.2) is 6.61 Å². The van der Waals surface area contributed by atoms with Gasteiger partial charge in [0, 0.05) is 29.0 Å². The van der Waals surface area contributed by atoms with Crippen LogP contribution in [0, 0.1) is 5.82 Å². The van der Waals surface area contributed by atoms with E-state index in [1.807, 2.05) is 36.4 Å². The molecule has 0 aliphatic carbocycles. The van der Waals surface area contributed by atoms with Crippen molar-refractivity contribution in [3.05, 3.63) is 114 Å². The Morgan fingerprint density at radius 2 is 1.75 bits per heavy atom. The second-order valence-electron chi connectivity index (χ2n) is 7.92. The number of carbonyl (C=O) groups excluding carboxylic acids is 1. The largest absolute Gasteiger partial charge is 0.482 e. The van der Waals surface area contributed by atoms with Gasteiger partial charge >= 0.3 is 5.97 Å². The molecule has 1 aliphatic rings. The molecule has 2 heterocycles. The molecule has 1 aliphatic heterocycles. The molecule has 0 N–H and O–H groups in total. The molecule has 0 unspecified atom stereocenters. The van der Waals surface area contributed by atoms with E-state index < -0.39 is 18.1 Å². The first-order valence-corrected chi connectivity index (χ1v) is 11.3. The predicted octanol–water partition coefficient (Wildman–Crippen LogP) is 5.74. The minimum absolute atomic E-state index is 0.166. The lowest BCUT2D eigenvalue weighted by Crippen LogP contribution is -2.20. The van der Waals surface area contributed by atoms with Gasteiger partial charge in [-0.05, 0) is 42.5 Å². The first-order chi connectivity index (χ1) is 17.6. The van der Waals surface area contributed by atoms with Crippen molar-refractivity contribution in [1.82, 2.24) is 4.98 Å². The molecule has 0 saturated heterocycles. The van der Waals surface area contributed by atoms with E-state index in [1.165, 1.54) is 12.1 Å². The Morgan fingerprint density at radius 3 is 2.53 bits per heavy atom. The fraction of sp³-hybridized carbons (Fsp3) is 0.143. The molecule has 4 aromatic rings. The number of fused-ring (bicyclic) bond motifs is 1. The Balaban J connectivity index is 1.16. The fourth-order valence-corrected chi connectivity index (χ4v) is 3.63. The van der Waals surface area contributed by atoms with E-state index in [9.17, 15) is 9.18 Å². The van der Waals surface area contributed by atoms with Gasteiger partial charge in [-0.3, -0.25) is 0 Å². The average Bonchev–Trinajstić information content (AvgIpc) is 2.92. The third-order valence-corrected chi connectivity index (χ3v) is 5.32. The summed E-state index contributed by atoms with van der Waals surface area (Å²) >= 11 is 0. The van der Waals surface area contributed by atoms with Gasteiger partial charge in [0.05, 0.1) is 6.61 Å². The van der Waals surface area contributed by atoms with Crippen molar-refractivity contribution in [1.29, 1.82) is 0 Å². The van der Waals surface area contributed by atoms with E-state index in [-0.39, 0.29) is 19.8 Å². The Kier molecular flexibility index (Phi) is 7.05. The lowest BCUT2D eigenvalue weighted by molar-refractivity contribution is -0.147. The molecular formula is C28H22FNO6. The van der Waals surface area contributed by atoms with Gasteiger partial charge in [0.25, 0.3) is 0 Å². The summed E-state index contributed by atoms with van der Waals surface area (Å²) < 4.78 is 42.3. The summed E-state index contributed by atoms with van der Waals surface area (Å²) in [6.07, 6.45) is 1.01. The molecule has 0 fully saturated rings. The number of ether oxygens (including phenoxy) is 5. The number of esters is 1. The predicted molar refractivity (Wildman–Crippen MR) is 127 cm³/mol. The van der Waals surface area contributed by atoms with Crippen LogP contribution in [0.2, 0.25) is 0 Å². The van der Waals surface area contributed by atoms with E-state index >= 15 is 0 Å². The molecule has 0 bridgehead atoms. The third-order valence-electron chi connectivity index (χ3n) is 5.32. The molecule has 1 aromatic heterocycles. The van der Waals surface area contributed by atoms with Gasteiger partial charge in [0.2, 0.25) is 12.2 Å². The van der Waals surface area contributed by atoms with Crippen LogP contribution >= 0.6 is 0 Å². The summed E-state index contributed by atoms with van der Waals surface area (Å²) in [5.74, 6) is 0.906. The minimum Gasteiger partial charge on any atom is -0.482 e. The smallest absolute Gasteiger partial charge is 0.344 e. The number of halogens is 1. The number of nitrogens with zero attached hydrogens (tertiary/aromatic N) is 1. The van der Waals surface area contributed by atoms with E-state index in [2.05, 4.69) is 4.98 Å². The Labute approximate surface area is 207 Å². The molecule has 36 heavy (non-hydrogen) atoms. The molecular weight excluding hydrogens is 465 g/mol. The highest BCUT2D eigenvalue weighted by atomic mass is 19.1. The van der Waals surface area contributed by atoms with Crippen LogP contribution < -0.4 is 14.2 Å². The van der Waals surface area contributed by atoms with Crippen LogP contribution in [0.15, 0.2) is 91.1 Å². The molecule has 1 atom stereocenters. The zero-order valence-corrected chi connectivity index (χ0v) is 19.1. The molecule has 7 nitrogen and oxygen atoms in total. The van der Waals surface area contributed by atoms with Gasteiger partial charge in [-0.1, -0.05) is 36.4 Å². The number of aromatic nitrogens is 1. The average molecular weight is 487 g/mol. The molecule has 8 heteroatoms. The number of rotatable bonds is 8. The van der Waals surface area contributed by atoms with Crippen molar-refractivity contribution in [2.24, 2.45) is 0 Å². The van der Waals surface area contributed by atoms with Gasteiger partial charge in [-0.15, -0.1) is 0 Å². The van der Waals surface area contributed by atoms with Crippen molar-refractivity contribution in [3.8, 4) is 23.1 Å². The van der Waals surface area contributed by atoms with Crippen molar-refractivity contribution in [2.45, 2.75) is 19.5 Å². The third kappa shape index (κ3) is 5.79. The number of pyridine rings is 1. The normalized spacial score (nSPS) is 14.3. The van der Waals surface area contributed by atoms with Gasteiger partial charge in [0.1, 0.15) is 29.7 Å². The van der Waals surface area contributed by atoms with Crippen LogP contribution in [0.3, 0.4) is 0 Å². The lowest BCUT2D eigenvalue weighted by Gasteiger charge is -2.28. The number of hydrogen-bond acceptors (Lipinski definition) is 7. The van der Waals surface area contributed by atoms with Gasteiger partial charge in [-0.2, -0.15) is 0 Å². The van der Waals surface area contributed by atoms with Crippen LogP contribution in [-0.2, 0) is 27.5 Å². The molecule has 0 radical (unpaired) electrons. The maximum absolute atomic E-state index is 14.1. The highest BCUT2D eigenvalue weighted by Crippen LogP contribution is 2.36. The van der Waals surface area contributed by atoms with Crippen LogP contribution in [0.25, 0.3) is 0 Å². The Bertz CT molecular complexity index is 1320. The van der Waals surface area contributed by atoms with Crippen molar-refractivity contribution in [2.75, 3.05) is 6.61 Å². The van der Waals surface area contributed by atoms with E-state index in [0.29, 0.717) is 34.3 Å². The fourth-order valence-electron chi connectivity index (χ4n) is 3.63. The molecule has 3 aromatic carbocycles. The maximum Gasteiger partial charge on any atom is 0.344 e. The van der Waals surface area contributed by atoms with E-state index in [0.717, 1.165) is 5.56 Å². The lowest BCUT2D eigenvalue weighted by atomic mass is 10.1. The second kappa shape index (κ2) is 10.9. The van der Waals surface area contributed by atoms with E-state index in [4.69, 9.17) is 23.7 Å². The topological polar surface area (TPSA) is 76.1 Å². The summed E-state index contributed by atoms with van der Waals surface area (Å²) in [4.78, 5) is 16.4. The van der Waals surface area contributed by atoms with Crippen molar-refractivity contribution in [3.63, 3.8) is 0 Å². The summed E-state index contributed by atoms with van der Waals surface area (Å²) in [6, 6.07) is 24.2. The summed E-state index contributed by atoms with van der Waals surface area (Å²) in [7, 11) is 0. The monoisotopic (exact) mass is 487 g/mol. The maximum atomic E-state index is 14.1. The molecule has 0 amide bonds. The Morgan fingerprint density at radius 1 is 0.972 bits per heavy atom. The highest BCUT2D eigenvalue weighted by molar-refractivity contribution is 5.71. The van der Waals surface area contributed by atoms with Crippen LogP contribution in [0.1, 0.15) is 23.0 Å². The van der Waals surface area contributed by atoms with Crippen LogP contribution in [0.4, 0.5) is 4.39 Å².